The van der Waals surface area contributed by atoms with E-state index in [4.69, 9.17) is 5.11 Å². The van der Waals surface area contributed by atoms with E-state index in [1.165, 1.54) is 19.3 Å². The van der Waals surface area contributed by atoms with Crippen molar-refractivity contribution in [3.05, 3.63) is 29.8 Å². The summed E-state index contributed by atoms with van der Waals surface area (Å²) < 4.78 is 0. The highest BCUT2D eigenvalue weighted by atomic mass is 16.4. The highest BCUT2D eigenvalue weighted by Crippen LogP contribution is 2.28. The largest absolute Gasteiger partial charge is 0.481 e. The number of carboxylic acids is 1. The van der Waals surface area contributed by atoms with E-state index in [1.807, 2.05) is 12.1 Å². The molecule has 1 saturated carbocycles. The van der Waals surface area contributed by atoms with Crippen molar-refractivity contribution in [1.29, 1.82) is 0 Å². The third-order valence-corrected chi connectivity index (χ3v) is 3.77. The summed E-state index contributed by atoms with van der Waals surface area (Å²) in [6, 6.07) is 8.70. The Labute approximate surface area is 108 Å². The fourth-order valence-corrected chi connectivity index (χ4v) is 2.64. The van der Waals surface area contributed by atoms with Crippen LogP contribution in [0.25, 0.3) is 0 Å². The highest BCUT2D eigenvalue weighted by Gasteiger charge is 2.22. The van der Waals surface area contributed by atoms with Crippen LogP contribution in [0.5, 0.6) is 0 Å². The molecule has 3 nitrogen and oxygen atoms in total. The summed E-state index contributed by atoms with van der Waals surface area (Å²) in [6.45, 7) is 2.29. The van der Waals surface area contributed by atoms with Crippen molar-refractivity contribution in [1.82, 2.24) is 0 Å². The number of carbonyl (C=O) groups is 1. The lowest BCUT2D eigenvalue weighted by atomic mass is 10.0. The fourth-order valence-electron chi connectivity index (χ4n) is 2.64. The molecule has 0 heterocycles. The molecule has 0 saturated heterocycles. The topological polar surface area (TPSA) is 49.3 Å². The van der Waals surface area contributed by atoms with Crippen molar-refractivity contribution in [3.8, 4) is 0 Å². The Morgan fingerprint density at radius 2 is 2.28 bits per heavy atom. The number of anilines is 1. The molecule has 0 bridgehead atoms. The van der Waals surface area contributed by atoms with E-state index >= 15 is 0 Å². The summed E-state index contributed by atoms with van der Waals surface area (Å²) in [5, 5.41) is 12.3. The van der Waals surface area contributed by atoms with Gasteiger partial charge in [0.2, 0.25) is 0 Å². The molecule has 3 heteroatoms. The maximum Gasteiger partial charge on any atom is 0.303 e. The first-order valence-corrected chi connectivity index (χ1v) is 6.72. The van der Waals surface area contributed by atoms with E-state index in [9.17, 15) is 4.79 Å². The molecule has 1 aromatic carbocycles. The molecular formula is C15H21NO2. The summed E-state index contributed by atoms with van der Waals surface area (Å²) in [7, 11) is 0. The Morgan fingerprint density at radius 3 is 2.94 bits per heavy atom. The molecule has 0 radical (unpaired) electrons. The Bertz CT molecular complexity index is 417. The minimum Gasteiger partial charge on any atom is -0.481 e. The summed E-state index contributed by atoms with van der Waals surface area (Å²) >= 11 is 0. The number of aliphatic carboxylic acids is 1. The van der Waals surface area contributed by atoms with Gasteiger partial charge in [0.15, 0.2) is 0 Å². The average molecular weight is 247 g/mol. The van der Waals surface area contributed by atoms with Gasteiger partial charge in [-0.05, 0) is 42.9 Å². The first-order valence-electron chi connectivity index (χ1n) is 6.72. The number of carboxylic acid groups (broad SMARTS) is 1. The van der Waals surface area contributed by atoms with Gasteiger partial charge in [-0.3, -0.25) is 4.79 Å². The minimum atomic E-state index is -0.738. The van der Waals surface area contributed by atoms with E-state index in [0.29, 0.717) is 12.5 Å². The second-order valence-corrected chi connectivity index (χ2v) is 5.25. The summed E-state index contributed by atoms with van der Waals surface area (Å²) in [5.74, 6) is -0.00884. The standard InChI is InChI=1S/C15H21NO2/c1-11-4-2-7-14(11)16-13-6-3-5-12(10-13)8-9-15(17)18/h3,5-6,10-11,14,16H,2,4,7-9H2,1H3,(H,17,18). The number of hydrogen-bond donors (Lipinski definition) is 2. The van der Waals surface area contributed by atoms with Gasteiger partial charge in [0.05, 0.1) is 0 Å². The molecule has 18 heavy (non-hydrogen) atoms. The van der Waals surface area contributed by atoms with E-state index in [2.05, 4.69) is 24.4 Å². The average Bonchev–Trinajstić information content (AvgIpc) is 2.73. The number of nitrogens with one attached hydrogen (secondary N) is 1. The smallest absolute Gasteiger partial charge is 0.303 e. The molecule has 1 aromatic rings. The van der Waals surface area contributed by atoms with Crippen LogP contribution in [0, 0.1) is 5.92 Å². The van der Waals surface area contributed by atoms with Crippen LogP contribution in [-0.2, 0) is 11.2 Å². The third-order valence-electron chi connectivity index (χ3n) is 3.77. The maximum absolute atomic E-state index is 10.6. The molecule has 98 valence electrons. The summed E-state index contributed by atoms with van der Waals surface area (Å²) in [4.78, 5) is 10.6. The maximum atomic E-state index is 10.6. The Hall–Kier alpha value is -1.51. The zero-order chi connectivity index (χ0) is 13.0. The van der Waals surface area contributed by atoms with Gasteiger partial charge in [0, 0.05) is 18.2 Å². The van der Waals surface area contributed by atoms with Crippen LogP contribution in [-0.4, -0.2) is 17.1 Å². The molecule has 0 spiro atoms. The van der Waals surface area contributed by atoms with Crippen molar-refractivity contribution in [2.75, 3.05) is 5.32 Å². The first-order chi connectivity index (χ1) is 8.65. The molecular weight excluding hydrogens is 226 g/mol. The van der Waals surface area contributed by atoms with Gasteiger partial charge in [0.25, 0.3) is 0 Å². The number of hydrogen-bond acceptors (Lipinski definition) is 2. The lowest BCUT2D eigenvalue weighted by Gasteiger charge is -2.19. The number of aryl methyl sites for hydroxylation is 1. The second kappa shape index (κ2) is 5.89. The molecule has 2 atom stereocenters. The predicted octanol–water partition coefficient (Wildman–Crippen LogP) is 3.30. The van der Waals surface area contributed by atoms with Gasteiger partial charge in [-0.2, -0.15) is 0 Å². The fraction of sp³-hybridized carbons (Fsp3) is 0.533. The van der Waals surface area contributed by atoms with Crippen LogP contribution >= 0.6 is 0 Å². The van der Waals surface area contributed by atoms with Crippen molar-refractivity contribution >= 4 is 11.7 Å². The monoisotopic (exact) mass is 247 g/mol. The van der Waals surface area contributed by atoms with Gasteiger partial charge in [-0.25, -0.2) is 0 Å². The molecule has 0 aromatic heterocycles. The number of rotatable bonds is 5. The van der Waals surface area contributed by atoms with Crippen LogP contribution in [0.2, 0.25) is 0 Å². The minimum absolute atomic E-state index is 0.198. The molecule has 0 amide bonds. The normalized spacial score (nSPS) is 22.9. The Kier molecular flexibility index (Phi) is 4.24. The SMILES string of the molecule is CC1CCCC1Nc1cccc(CCC(=O)O)c1. The van der Waals surface area contributed by atoms with Gasteiger partial charge < -0.3 is 10.4 Å². The first kappa shape index (κ1) is 12.9. The van der Waals surface area contributed by atoms with E-state index in [1.54, 1.807) is 0 Å². The van der Waals surface area contributed by atoms with Crippen molar-refractivity contribution in [2.24, 2.45) is 5.92 Å². The molecule has 1 fully saturated rings. The van der Waals surface area contributed by atoms with Gasteiger partial charge >= 0.3 is 5.97 Å². The summed E-state index contributed by atoms with van der Waals surface area (Å²) in [5.41, 5.74) is 2.21. The van der Waals surface area contributed by atoms with Crippen LogP contribution < -0.4 is 5.32 Å². The Morgan fingerprint density at radius 1 is 1.44 bits per heavy atom. The summed E-state index contributed by atoms with van der Waals surface area (Å²) in [6.07, 6.45) is 4.64. The van der Waals surface area contributed by atoms with E-state index < -0.39 is 5.97 Å². The zero-order valence-electron chi connectivity index (χ0n) is 10.9. The lowest BCUT2D eigenvalue weighted by Crippen LogP contribution is -2.21. The second-order valence-electron chi connectivity index (χ2n) is 5.25. The van der Waals surface area contributed by atoms with Gasteiger partial charge in [-0.1, -0.05) is 25.5 Å². The van der Waals surface area contributed by atoms with Gasteiger partial charge in [0.1, 0.15) is 0 Å². The molecule has 1 aliphatic rings. The molecule has 0 aliphatic heterocycles. The van der Waals surface area contributed by atoms with Crippen molar-refractivity contribution in [2.45, 2.75) is 45.1 Å². The number of benzene rings is 1. The van der Waals surface area contributed by atoms with Crippen molar-refractivity contribution in [3.63, 3.8) is 0 Å². The molecule has 2 unspecified atom stereocenters. The highest BCUT2D eigenvalue weighted by molar-refractivity contribution is 5.67. The predicted molar refractivity (Wildman–Crippen MR) is 72.8 cm³/mol. The molecule has 2 rings (SSSR count). The lowest BCUT2D eigenvalue weighted by molar-refractivity contribution is -0.136. The van der Waals surface area contributed by atoms with E-state index in [0.717, 1.165) is 17.2 Å². The van der Waals surface area contributed by atoms with Gasteiger partial charge in [-0.15, -0.1) is 0 Å². The quantitative estimate of drug-likeness (QED) is 0.839. The van der Waals surface area contributed by atoms with Crippen LogP contribution in [0.3, 0.4) is 0 Å². The molecule has 1 aliphatic carbocycles. The van der Waals surface area contributed by atoms with Crippen LogP contribution in [0.4, 0.5) is 5.69 Å². The van der Waals surface area contributed by atoms with Crippen LogP contribution in [0.15, 0.2) is 24.3 Å². The zero-order valence-corrected chi connectivity index (χ0v) is 10.9. The van der Waals surface area contributed by atoms with E-state index in [-0.39, 0.29) is 6.42 Å². The third kappa shape index (κ3) is 3.49. The van der Waals surface area contributed by atoms with Crippen molar-refractivity contribution < 1.29 is 9.90 Å². The Balaban J connectivity index is 1.96. The molecule has 2 N–H and O–H groups in total. The van der Waals surface area contributed by atoms with Crippen LogP contribution in [0.1, 0.15) is 38.2 Å².